The van der Waals surface area contributed by atoms with Crippen molar-refractivity contribution in [2.45, 2.75) is 13.5 Å². The van der Waals surface area contributed by atoms with Crippen LogP contribution in [0.2, 0.25) is 0 Å². The van der Waals surface area contributed by atoms with Crippen LogP contribution in [0.25, 0.3) is 0 Å². The van der Waals surface area contributed by atoms with Crippen molar-refractivity contribution >= 4 is 12.0 Å². The minimum atomic E-state index is -0.837. The SMILES string of the molecule is CC1CN(C(=O)N(C)Cc2ncc[nH]2)CC1C(=O)O. The Bertz CT molecular complexity index is 460. The minimum Gasteiger partial charge on any atom is -0.481 e. The number of aromatic nitrogens is 2. The molecule has 2 rings (SSSR count). The lowest BCUT2D eigenvalue weighted by Gasteiger charge is -2.23. The lowest BCUT2D eigenvalue weighted by Crippen LogP contribution is -2.40. The molecule has 2 amide bonds. The molecule has 0 bridgehead atoms. The lowest BCUT2D eigenvalue weighted by atomic mass is 9.99. The molecule has 0 saturated carbocycles. The first-order valence-corrected chi connectivity index (χ1v) is 6.20. The van der Waals surface area contributed by atoms with Crippen molar-refractivity contribution in [3.8, 4) is 0 Å². The zero-order chi connectivity index (χ0) is 14.0. The smallest absolute Gasteiger partial charge is 0.320 e. The second-order valence-electron chi connectivity index (χ2n) is 5.00. The quantitative estimate of drug-likeness (QED) is 0.839. The molecule has 1 aromatic heterocycles. The van der Waals surface area contributed by atoms with Crippen LogP contribution >= 0.6 is 0 Å². The molecule has 1 aliphatic rings. The highest BCUT2D eigenvalue weighted by Crippen LogP contribution is 2.24. The predicted octanol–water partition coefficient (Wildman–Crippen LogP) is 0.614. The minimum absolute atomic E-state index is 0.0153. The second kappa shape index (κ2) is 5.29. The third kappa shape index (κ3) is 2.86. The van der Waals surface area contributed by atoms with Gasteiger partial charge in [0, 0.05) is 32.5 Å². The summed E-state index contributed by atoms with van der Waals surface area (Å²) in [5.74, 6) is -0.617. The lowest BCUT2D eigenvalue weighted by molar-refractivity contribution is -0.142. The number of nitrogens with zero attached hydrogens (tertiary/aromatic N) is 3. The number of amides is 2. The number of imidazole rings is 1. The fourth-order valence-electron chi connectivity index (χ4n) is 2.36. The van der Waals surface area contributed by atoms with Gasteiger partial charge in [0.2, 0.25) is 0 Å². The van der Waals surface area contributed by atoms with E-state index < -0.39 is 11.9 Å². The fraction of sp³-hybridized carbons (Fsp3) is 0.583. The summed E-state index contributed by atoms with van der Waals surface area (Å²) < 4.78 is 0. The molecule has 2 heterocycles. The summed E-state index contributed by atoms with van der Waals surface area (Å²) >= 11 is 0. The van der Waals surface area contributed by atoms with Crippen molar-refractivity contribution in [1.82, 2.24) is 19.8 Å². The number of nitrogens with one attached hydrogen (secondary N) is 1. The van der Waals surface area contributed by atoms with Crippen molar-refractivity contribution in [3.63, 3.8) is 0 Å². The first-order valence-electron chi connectivity index (χ1n) is 6.20. The van der Waals surface area contributed by atoms with E-state index in [0.29, 0.717) is 18.9 Å². The van der Waals surface area contributed by atoms with E-state index in [1.165, 1.54) is 4.90 Å². The molecule has 0 aromatic carbocycles. The Morgan fingerprint density at radius 1 is 1.58 bits per heavy atom. The average Bonchev–Trinajstić information content (AvgIpc) is 2.97. The van der Waals surface area contributed by atoms with Crippen LogP contribution in [-0.2, 0) is 11.3 Å². The Morgan fingerprint density at radius 2 is 2.32 bits per heavy atom. The molecule has 2 N–H and O–H groups in total. The van der Waals surface area contributed by atoms with Gasteiger partial charge in [0.05, 0.1) is 12.5 Å². The van der Waals surface area contributed by atoms with E-state index in [9.17, 15) is 9.59 Å². The Morgan fingerprint density at radius 3 is 2.84 bits per heavy atom. The van der Waals surface area contributed by atoms with E-state index in [4.69, 9.17) is 5.11 Å². The van der Waals surface area contributed by atoms with Crippen LogP contribution in [0.3, 0.4) is 0 Å². The summed E-state index contributed by atoms with van der Waals surface area (Å²) in [6.07, 6.45) is 3.33. The second-order valence-corrected chi connectivity index (χ2v) is 5.00. The molecule has 104 valence electrons. The summed E-state index contributed by atoms with van der Waals surface area (Å²) in [6, 6.07) is -0.160. The number of rotatable bonds is 3. The number of carbonyl (C=O) groups is 2. The molecule has 2 unspecified atom stereocenters. The molecule has 19 heavy (non-hydrogen) atoms. The molecule has 1 aliphatic heterocycles. The predicted molar refractivity (Wildman–Crippen MR) is 67.3 cm³/mol. The number of hydrogen-bond acceptors (Lipinski definition) is 3. The summed E-state index contributed by atoms with van der Waals surface area (Å²) in [6.45, 7) is 3.00. The van der Waals surface area contributed by atoms with E-state index in [1.54, 1.807) is 24.3 Å². The molecule has 0 spiro atoms. The highest BCUT2D eigenvalue weighted by Gasteiger charge is 2.37. The molecule has 1 saturated heterocycles. The number of carboxylic acid groups (broad SMARTS) is 1. The number of urea groups is 1. The van der Waals surface area contributed by atoms with Gasteiger partial charge in [-0.3, -0.25) is 4.79 Å². The van der Waals surface area contributed by atoms with Crippen LogP contribution in [-0.4, -0.2) is 57.0 Å². The number of aromatic amines is 1. The number of likely N-dealkylation sites (tertiary alicyclic amines) is 1. The van der Waals surface area contributed by atoms with Gasteiger partial charge < -0.3 is 19.9 Å². The van der Waals surface area contributed by atoms with Crippen molar-refractivity contribution in [2.24, 2.45) is 11.8 Å². The van der Waals surface area contributed by atoms with Gasteiger partial charge in [-0.25, -0.2) is 9.78 Å². The number of H-pyrrole nitrogens is 1. The van der Waals surface area contributed by atoms with E-state index in [0.717, 1.165) is 0 Å². The summed E-state index contributed by atoms with van der Waals surface area (Å²) in [5.41, 5.74) is 0. The zero-order valence-corrected chi connectivity index (χ0v) is 11.0. The number of aliphatic carboxylic acids is 1. The Balaban J connectivity index is 1.95. The number of carbonyl (C=O) groups excluding carboxylic acids is 1. The Kier molecular flexibility index (Phi) is 3.73. The maximum atomic E-state index is 12.2. The Hall–Kier alpha value is -2.05. The van der Waals surface area contributed by atoms with Gasteiger partial charge in [-0.2, -0.15) is 0 Å². The molecular formula is C12H18N4O3. The summed E-state index contributed by atoms with van der Waals surface area (Å²) in [4.78, 5) is 33.4. The molecule has 2 atom stereocenters. The summed E-state index contributed by atoms with van der Waals surface area (Å²) in [5, 5.41) is 9.06. The van der Waals surface area contributed by atoms with Gasteiger partial charge in [0.15, 0.2) is 0 Å². The van der Waals surface area contributed by atoms with Gasteiger partial charge in [0.1, 0.15) is 5.82 Å². The van der Waals surface area contributed by atoms with E-state index >= 15 is 0 Å². The third-order valence-electron chi connectivity index (χ3n) is 3.47. The highest BCUT2D eigenvalue weighted by molar-refractivity contribution is 5.77. The largest absolute Gasteiger partial charge is 0.481 e. The van der Waals surface area contributed by atoms with Crippen molar-refractivity contribution in [3.05, 3.63) is 18.2 Å². The van der Waals surface area contributed by atoms with Gasteiger partial charge in [-0.05, 0) is 5.92 Å². The molecule has 7 heteroatoms. The first kappa shape index (κ1) is 13.4. The first-order chi connectivity index (χ1) is 8.99. The highest BCUT2D eigenvalue weighted by atomic mass is 16.4. The topological polar surface area (TPSA) is 89.5 Å². The maximum Gasteiger partial charge on any atom is 0.320 e. The van der Waals surface area contributed by atoms with Crippen molar-refractivity contribution in [2.75, 3.05) is 20.1 Å². The maximum absolute atomic E-state index is 12.2. The molecule has 0 radical (unpaired) electrons. The molecule has 7 nitrogen and oxygen atoms in total. The Labute approximate surface area is 111 Å². The van der Waals surface area contributed by atoms with Gasteiger partial charge in [-0.15, -0.1) is 0 Å². The summed E-state index contributed by atoms with van der Waals surface area (Å²) in [7, 11) is 1.68. The van der Waals surface area contributed by atoms with Gasteiger partial charge >= 0.3 is 12.0 Å². The number of hydrogen-bond donors (Lipinski definition) is 2. The van der Waals surface area contributed by atoms with Gasteiger partial charge in [-0.1, -0.05) is 6.92 Å². The van der Waals surface area contributed by atoms with E-state index in [-0.39, 0.29) is 18.5 Å². The van der Waals surface area contributed by atoms with Crippen LogP contribution in [0.1, 0.15) is 12.7 Å². The third-order valence-corrected chi connectivity index (χ3v) is 3.47. The van der Waals surface area contributed by atoms with E-state index in [1.807, 2.05) is 6.92 Å². The van der Waals surface area contributed by atoms with Crippen molar-refractivity contribution in [1.29, 1.82) is 0 Å². The molecule has 1 aromatic rings. The van der Waals surface area contributed by atoms with Crippen LogP contribution in [0.15, 0.2) is 12.4 Å². The standard InChI is InChI=1S/C12H18N4O3/c1-8-5-16(6-9(8)11(17)18)12(19)15(2)7-10-13-3-4-14-10/h3-4,8-9H,5-7H2,1-2H3,(H,13,14)(H,17,18). The van der Waals surface area contributed by atoms with E-state index in [2.05, 4.69) is 9.97 Å². The normalized spacial score (nSPS) is 22.5. The number of carboxylic acids is 1. The van der Waals surface area contributed by atoms with Crippen LogP contribution in [0, 0.1) is 11.8 Å². The molecule has 0 aliphatic carbocycles. The molecule has 1 fully saturated rings. The monoisotopic (exact) mass is 266 g/mol. The molecular weight excluding hydrogens is 248 g/mol. The van der Waals surface area contributed by atoms with Crippen LogP contribution < -0.4 is 0 Å². The fourth-order valence-corrected chi connectivity index (χ4v) is 2.36. The van der Waals surface area contributed by atoms with Crippen LogP contribution in [0.5, 0.6) is 0 Å². The van der Waals surface area contributed by atoms with Crippen LogP contribution in [0.4, 0.5) is 4.79 Å². The van der Waals surface area contributed by atoms with Gasteiger partial charge in [0.25, 0.3) is 0 Å². The van der Waals surface area contributed by atoms with Crippen molar-refractivity contribution < 1.29 is 14.7 Å². The average molecular weight is 266 g/mol. The zero-order valence-electron chi connectivity index (χ0n) is 11.0.